The van der Waals surface area contributed by atoms with Crippen molar-refractivity contribution in [2.24, 2.45) is 0 Å². The second kappa shape index (κ2) is 7.14. The van der Waals surface area contributed by atoms with Gasteiger partial charge in [0.15, 0.2) is 6.10 Å². The first kappa shape index (κ1) is 15.7. The van der Waals surface area contributed by atoms with E-state index >= 15 is 0 Å². The number of aliphatic hydroxyl groups excluding tert-OH is 1. The van der Waals surface area contributed by atoms with Crippen LogP contribution in [0.4, 0.5) is 0 Å². The van der Waals surface area contributed by atoms with Crippen LogP contribution in [-0.2, 0) is 4.74 Å². The minimum absolute atomic E-state index is 0. The summed E-state index contributed by atoms with van der Waals surface area (Å²) in [5, 5.41) is 17.3. The first-order valence-corrected chi connectivity index (χ1v) is 5.14. The Morgan fingerprint density at radius 1 is 1.47 bits per heavy atom. The van der Waals surface area contributed by atoms with Crippen molar-refractivity contribution >= 4 is 18.3 Å². The van der Waals surface area contributed by atoms with Crippen LogP contribution in [0.15, 0.2) is 18.2 Å². The molecule has 0 aliphatic rings. The molecule has 0 heterocycles. The summed E-state index contributed by atoms with van der Waals surface area (Å²) >= 11 is 0. The maximum Gasteiger partial charge on any atom is 0.214 e. The van der Waals surface area contributed by atoms with Gasteiger partial charge < -0.3 is 14.6 Å². The number of ether oxygens (including phenoxy) is 2. The summed E-state index contributed by atoms with van der Waals surface area (Å²) in [5.41, 5.74) is 1.56. The van der Waals surface area contributed by atoms with Crippen molar-refractivity contribution < 1.29 is 14.6 Å². The molecule has 17 heavy (non-hydrogen) atoms. The van der Waals surface area contributed by atoms with Gasteiger partial charge in [-0.2, -0.15) is 0 Å². The Hall–Kier alpha value is -1.26. The molecular weight excluding hydrogens is 242 g/mol. The van der Waals surface area contributed by atoms with E-state index in [1.807, 2.05) is 6.92 Å². The molecule has 1 aromatic rings. The molecule has 1 aromatic carbocycles. The van der Waals surface area contributed by atoms with Crippen LogP contribution in [0.1, 0.15) is 24.2 Å². The molecule has 0 aliphatic heterocycles. The van der Waals surface area contributed by atoms with E-state index < -0.39 is 6.10 Å². The largest absolute Gasteiger partial charge is 0.496 e. The maximum absolute atomic E-state index is 9.82. The standard InChI is InChI=1S/C12H17NO3.ClH/c1-4-16-12(13)11(14)9-5-6-10(15-3)8(2)7-9;/h5-7,11,13-14H,4H2,1-3H3;1H. The predicted molar refractivity (Wildman–Crippen MR) is 69.3 cm³/mol. The normalized spacial score (nSPS) is 11.3. The molecular formula is C12H18ClNO3. The van der Waals surface area contributed by atoms with Crippen LogP contribution < -0.4 is 4.74 Å². The number of rotatable bonds is 4. The number of aryl methyl sites for hydroxylation is 1. The molecule has 0 aliphatic carbocycles. The second-order valence-corrected chi connectivity index (χ2v) is 3.43. The fourth-order valence-corrected chi connectivity index (χ4v) is 1.46. The van der Waals surface area contributed by atoms with Gasteiger partial charge in [0.2, 0.25) is 5.90 Å². The summed E-state index contributed by atoms with van der Waals surface area (Å²) in [6.45, 7) is 4.05. The highest BCUT2D eigenvalue weighted by Crippen LogP contribution is 2.23. The van der Waals surface area contributed by atoms with E-state index in [2.05, 4.69) is 0 Å². The Balaban J connectivity index is 0.00000256. The Bertz CT molecular complexity index is 382. The molecule has 0 saturated heterocycles. The zero-order chi connectivity index (χ0) is 12.1. The van der Waals surface area contributed by atoms with Crippen molar-refractivity contribution in [2.45, 2.75) is 20.0 Å². The van der Waals surface area contributed by atoms with Crippen molar-refractivity contribution in [3.8, 4) is 5.75 Å². The maximum atomic E-state index is 9.82. The van der Waals surface area contributed by atoms with Crippen LogP contribution in [0.2, 0.25) is 0 Å². The molecule has 0 fully saturated rings. The molecule has 0 aromatic heterocycles. The quantitative estimate of drug-likeness (QED) is 0.645. The molecule has 0 bridgehead atoms. The summed E-state index contributed by atoms with van der Waals surface area (Å²) in [6.07, 6.45) is -1.01. The SMILES string of the molecule is CCOC(=N)C(O)c1ccc(OC)c(C)c1.Cl. The van der Waals surface area contributed by atoms with Crippen LogP contribution in [-0.4, -0.2) is 24.7 Å². The van der Waals surface area contributed by atoms with Gasteiger partial charge in [0.25, 0.3) is 0 Å². The van der Waals surface area contributed by atoms with Crippen LogP contribution in [0.3, 0.4) is 0 Å². The summed E-state index contributed by atoms with van der Waals surface area (Å²) in [6, 6.07) is 5.29. The minimum atomic E-state index is -1.01. The van der Waals surface area contributed by atoms with Gasteiger partial charge in [0.05, 0.1) is 13.7 Å². The van der Waals surface area contributed by atoms with Gasteiger partial charge in [-0.25, -0.2) is 0 Å². The monoisotopic (exact) mass is 259 g/mol. The number of nitrogens with one attached hydrogen (secondary N) is 1. The van der Waals surface area contributed by atoms with E-state index in [1.54, 1.807) is 32.2 Å². The molecule has 1 unspecified atom stereocenters. The number of benzene rings is 1. The van der Waals surface area contributed by atoms with Crippen molar-refractivity contribution in [1.82, 2.24) is 0 Å². The highest BCUT2D eigenvalue weighted by Gasteiger charge is 2.15. The van der Waals surface area contributed by atoms with Crippen LogP contribution >= 0.6 is 12.4 Å². The number of hydrogen-bond donors (Lipinski definition) is 2. The van der Waals surface area contributed by atoms with Crippen LogP contribution in [0, 0.1) is 12.3 Å². The van der Waals surface area contributed by atoms with Crippen LogP contribution in [0.25, 0.3) is 0 Å². The molecule has 5 heteroatoms. The third-order valence-electron chi connectivity index (χ3n) is 2.28. The average Bonchev–Trinajstić information content (AvgIpc) is 2.28. The topological polar surface area (TPSA) is 62.5 Å². The summed E-state index contributed by atoms with van der Waals surface area (Å²) in [4.78, 5) is 0. The molecule has 0 spiro atoms. The molecule has 0 saturated carbocycles. The summed E-state index contributed by atoms with van der Waals surface area (Å²) in [5.74, 6) is 0.631. The highest BCUT2D eigenvalue weighted by atomic mass is 35.5. The van der Waals surface area contributed by atoms with Crippen LogP contribution in [0.5, 0.6) is 5.75 Å². The lowest BCUT2D eigenvalue weighted by atomic mass is 10.1. The molecule has 0 radical (unpaired) electrons. The lowest BCUT2D eigenvalue weighted by molar-refractivity contribution is 0.190. The van der Waals surface area contributed by atoms with Gasteiger partial charge in [0.1, 0.15) is 5.75 Å². The highest BCUT2D eigenvalue weighted by molar-refractivity contribution is 5.85. The average molecular weight is 260 g/mol. The molecule has 4 nitrogen and oxygen atoms in total. The van der Waals surface area contributed by atoms with Gasteiger partial charge in [-0.1, -0.05) is 6.07 Å². The van der Waals surface area contributed by atoms with Gasteiger partial charge in [-0.05, 0) is 37.1 Å². The molecule has 96 valence electrons. The third-order valence-corrected chi connectivity index (χ3v) is 2.28. The lowest BCUT2D eigenvalue weighted by Crippen LogP contribution is -2.14. The van der Waals surface area contributed by atoms with E-state index in [4.69, 9.17) is 14.9 Å². The van der Waals surface area contributed by atoms with Crippen molar-refractivity contribution in [3.63, 3.8) is 0 Å². The van der Waals surface area contributed by atoms with Crippen molar-refractivity contribution in [1.29, 1.82) is 5.41 Å². The number of halogens is 1. The second-order valence-electron chi connectivity index (χ2n) is 3.43. The fourth-order valence-electron chi connectivity index (χ4n) is 1.46. The Kier molecular flexibility index (Phi) is 6.61. The van der Waals surface area contributed by atoms with Crippen molar-refractivity contribution in [3.05, 3.63) is 29.3 Å². The van der Waals surface area contributed by atoms with Gasteiger partial charge in [-0.3, -0.25) is 5.41 Å². The molecule has 1 atom stereocenters. The van der Waals surface area contributed by atoms with E-state index in [-0.39, 0.29) is 18.3 Å². The Morgan fingerprint density at radius 3 is 2.59 bits per heavy atom. The minimum Gasteiger partial charge on any atom is -0.496 e. The Labute approximate surface area is 107 Å². The number of methoxy groups -OCH3 is 1. The van der Waals surface area contributed by atoms with Gasteiger partial charge in [-0.15, -0.1) is 12.4 Å². The van der Waals surface area contributed by atoms with E-state index in [1.165, 1.54) is 0 Å². The third kappa shape index (κ3) is 3.91. The van der Waals surface area contributed by atoms with Gasteiger partial charge >= 0.3 is 0 Å². The van der Waals surface area contributed by atoms with E-state index in [9.17, 15) is 5.11 Å². The van der Waals surface area contributed by atoms with Crippen molar-refractivity contribution in [2.75, 3.05) is 13.7 Å². The number of aliphatic hydroxyl groups is 1. The Morgan fingerprint density at radius 2 is 2.12 bits per heavy atom. The zero-order valence-corrected chi connectivity index (χ0v) is 11.0. The van der Waals surface area contributed by atoms with E-state index in [0.717, 1.165) is 11.3 Å². The molecule has 1 rings (SSSR count). The first-order chi connectivity index (χ1) is 7.60. The van der Waals surface area contributed by atoms with Gasteiger partial charge in [0, 0.05) is 0 Å². The number of hydrogen-bond acceptors (Lipinski definition) is 4. The molecule has 0 amide bonds. The lowest BCUT2D eigenvalue weighted by Gasteiger charge is -2.14. The summed E-state index contributed by atoms with van der Waals surface area (Å²) in [7, 11) is 1.60. The van der Waals surface area contributed by atoms with E-state index in [0.29, 0.717) is 12.2 Å². The molecule has 2 N–H and O–H groups in total. The fraction of sp³-hybridized carbons (Fsp3) is 0.417. The first-order valence-electron chi connectivity index (χ1n) is 5.14. The predicted octanol–water partition coefficient (Wildman–Crippen LogP) is 2.47. The smallest absolute Gasteiger partial charge is 0.214 e. The zero-order valence-electron chi connectivity index (χ0n) is 10.2. The summed E-state index contributed by atoms with van der Waals surface area (Å²) < 4.78 is 10.1.